The minimum absolute atomic E-state index is 0.0409. The molecule has 0 saturated carbocycles. The number of halogens is 1. The highest BCUT2D eigenvalue weighted by molar-refractivity contribution is 6.32. The van der Waals surface area contributed by atoms with Gasteiger partial charge < -0.3 is 20.1 Å². The number of morpholine rings is 1. The van der Waals surface area contributed by atoms with Gasteiger partial charge in [0.2, 0.25) is 0 Å². The molecule has 6 nitrogen and oxygen atoms in total. The highest BCUT2D eigenvalue weighted by Crippen LogP contribution is 2.30. The van der Waals surface area contributed by atoms with E-state index in [9.17, 15) is 0 Å². The summed E-state index contributed by atoms with van der Waals surface area (Å²) in [6.45, 7) is 5.84. The Morgan fingerprint density at radius 1 is 1.63 bits per heavy atom. The van der Waals surface area contributed by atoms with Crippen molar-refractivity contribution >= 4 is 17.4 Å². The maximum Gasteiger partial charge on any atom is 0.318 e. The smallest absolute Gasteiger partial charge is 0.318 e. The van der Waals surface area contributed by atoms with Crippen LogP contribution in [0.15, 0.2) is 6.20 Å². The van der Waals surface area contributed by atoms with E-state index in [4.69, 9.17) is 26.8 Å². The zero-order valence-corrected chi connectivity index (χ0v) is 12.1. The van der Waals surface area contributed by atoms with Gasteiger partial charge in [-0.1, -0.05) is 11.6 Å². The zero-order chi connectivity index (χ0) is 14.0. The van der Waals surface area contributed by atoms with Crippen LogP contribution in [-0.4, -0.2) is 48.4 Å². The van der Waals surface area contributed by atoms with Crippen molar-refractivity contribution in [1.29, 1.82) is 0 Å². The molecule has 1 aliphatic heterocycles. The molecule has 1 aromatic heterocycles. The molecule has 0 aromatic carbocycles. The second kappa shape index (κ2) is 5.48. The van der Waals surface area contributed by atoms with Gasteiger partial charge in [0.15, 0.2) is 5.82 Å². The molecule has 2 N–H and O–H groups in total. The fourth-order valence-corrected chi connectivity index (χ4v) is 2.45. The lowest BCUT2D eigenvalue weighted by Crippen LogP contribution is -2.55. The quantitative estimate of drug-likeness (QED) is 0.896. The Bertz CT molecular complexity index is 455. The molecule has 0 aliphatic carbocycles. The Morgan fingerprint density at radius 2 is 2.37 bits per heavy atom. The molecule has 2 rings (SSSR count). The Kier molecular flexibility index (Phi) is 4.13. The maximum atomic E-state index is 6.18. The van der Waals surface area contributed by atoms with Crippen molar-refractivity contribution in [2.24, 2.45) is 5.73 Å². The van der Waals surface area contributed by atoms with Crippen molar-refractivity contribution in [1.82, 2.24) is 9.97 Å². The van der Waals surface area contributed by atoms with E-state index < -0.39 is 0 Å². The van der Waals surface area contributed by atoms with Gasteiger partial charge in [0, 0.05) is 19.6 Å². The molecule has 0 spiro atoms. The first-order chi connectivity index (χ1) is 8.95. The predicted octanol–water partition coefficient (Wildman–Crippen LogP) is 1.08. The summed E-state index contributed by atoms with van der Waals surface area (Å²) in [5, 5.41) is 0.495. The van der Waals surface area contributed by atoms with Gasteiger partial charge in [-0.25, -0.2) is 4.98 Å². The summed E-state index contributed by atoms with van der Waals surface area (Å²) in [6, 6.07) is 0.299. The van der Waals surface area contributed by atoms with Gasteiger partial charge in [0.25, 0.3) is 0 Å². The Morgan fingerprint density at radius 3 is 3.00 bits per heavy atom. The van der Waals surface area contributed by atoms with Crippen LogP contribution in [0, 0.1) is 0 Å². The molecule has 19 heavy (non-hydrogen) atoms. The molecule has 106 valence electrons. The first-order valence-corrected chi connectivity index (χ1v) is 6.52. The standard InChI is InChI=1S/C12H19ClN4O2/c1-12(2)7-17(6-8(4-14)19-12)10-9(13)5-15-11(16-10)18-3/h5,8H,4,6-7,14H2,1-3H3. The Hall–Kier alpha value is -1.11. The van der Waals surface area contributed by atoms with Gasteiger partial charge in [0.1, 0.15) is 5.02 Å². The number of rotatable bonds is 3. The molecule has 1 aromatic rings. The summed E-state index contributed by atoms with van der Waals surface area (Å²) in [5.74, 6) is 0.656. The number of hydrogen-bond donors (Lipinski definition) is 1. The van der Waals surface area contributed by atoms with Gasteiger partial charge >= 0.3 is 6.01 Å². The van der Waals surface area contributed by atoms with E-state index in [2.05, 4.69) is 14.9 Å². The van der Waals surface area contributed by atoms with Crippen molar-refractivity contribution in [3.63, 3.8) is 0 Å². The maximum absolute atomic E-state index is 6.18. The van der Waals surface area contributed by atoms with Crippen molar-refractivity contribution < 1.29 is 9.47 Å². The molecule has 0 amide bonds. The number of nitrogens with two attached hydrogens (primary N) is 1. The molecule has 0 bridgehead atoms. The number of hydrogen-bond acceptors (Lipinski definition) is 6. The number of aromatic nitrogens is 2. The number of anilines is 1. The summed E-state index contributed by atoms with van der Waals surface area (Å²) < 4.78 is 10.9. The average molecular weight is 287 g/mol. The molecule has 1 fully saturated rings. The van der Waals surface area contributed by atoms with E-state index in [1.807, 2.05) is 13.8 Å². The highest BCUT2D eigenvalue weighted by atomic mass is 35.5. The summed E-state index contributed by atoms with van der Waals surface area (Å²) >= 11 is 6.18. The van der Waals surface area contributed by atoms with E-state index >= 15 is 0 Å². The normalized spacial score (nSPS) is 22.4. The second-order valence-corrected chi connectivity index (χ2v) is 5.55. The lowest BCUT2D eigenvalue weighted by Gasteiger charge is -2.43. The van der Waals surface area contributed by atoms with Crippen LogP contribution in [0.25, 0.3) is 0 Å². The second-order valence-electron chi connectivity index (χ2n) is 5.14. The molecule has 7 heteroatoms. The highest BCUT2D eigenvalue weighted by Gasteiger charge is 2.34. The van der Waals surface area contributed by atoms with Crippen LogP contribution in [0.5, 0.6) is 6.01 Å². The SMILES string of the molecule is COc1ncc(Cl)c(N2CC(CN)OC(C)(C)C2)n1. The van der Waals surface area contributed by atoms with Crippen LogP contribution < -0.4 is 15.4 Å². The fraction of sp³-hybridized carbons (Fsp3) is 0.667. The molecule has 1 atom stereocenters. The van der Waals surface area contributed by atoms with Gasteiger partial charge in [-0.15, -0.1) is 0 Å². The van der Waals surface area contributed by atoms with Gasteiger partial charge in [0.05, 0.1) is 25.0 Å². The Labute approximate surface area is 117 Å². The number of ether oxygens (including phenoxy) is 2. The van der Waals surface area contributed by atoms with E-state index in [0.29, 0.717) is 36.5 Å². The lowest BCUT2D eigenvalue weighted by molar-refractivity contribution is -0.0790. The van der Waals surface area contributed by atoms with Gasteiger partial charge in [-0.05, 0) is 13.8 Å². The monoisotopic (exact) mass is 286 g/mol. The van der Waals surface area contributed by atoms with Crippen LogP contribution >= 0.6 is 11.6 Å². The van der Waals surface area contributed by atoms with Crippen molar-refractivity contribution in [2.45, 2.75) is 25.6 Å². The molecule has 1 aliphatic rings. The summed E-state index contributed by atoms with van der Waals surface area (Å²) in [5.41, 5.74) is 5.41. The summed E-state index contributed by atoms with van der Waals surface area (Å²) in [4.78, 5) is 10.4. The van der Waals surface area contributed by atoms with E-state index in [1.54, 1.807) is 6.20 Å². The minimum atomic E-state index is -0.302. The first kappa shape index (κ1) is 14.3. The van der Waals surface area contributed by atoms with E-state index in [0.717, 1.165) is 0 Å². The third-order valence-corrected chi connectivity index (χ3v) is 3.20. The van der Waals surface area contributed by atoms with Crippen LogP contribution in [-0.2, 0) is 4.74 Å². The first-order valence-electron chi connectivity index (χ1n) is 6.14. The van der Waals surface area contributed by atoms with Crippen LogP contribution in [0.1, 0.15) is 13.8 Å². The fourth-order valence-electron chi connectivity index (χ4n) is 2.24. The van der Waals surface area contributed by atoms with Crippen molar-refractivity contribution in [2.75, 3.05) is 31.6 Å². The molecule has 1 unspecified atom stereocenters. The van der Waals surface area contributed by atoms with Crippen LogP contribution in [0.4, 0.5) is 5.82 Å². The molecule has 1 saturated heterocycles. The molecular weight excluding hydrogens is 268 g/mol. The molecule has 0 radical (unpaired) electrons. The zero-order valence-electron chi connectivity index (χ0n) is 11.4. The largest absolute Gasteiger partial charge is 0.467 e. The summed E-state index contributed by atoms with van der Waals surface area (Å²) in [7, 11) is 1.53. The van der Waals surface area contributed by atoms with E-state index in [-0.39, 0.29) is 11.7 Å². The van der Waals surface area contributed by atoms with Crippen LogP contribution in [0.3, 0.4) is 0 Å². The van der Waals surface area contributed by atoms with Crippen LogP contribution in [0.2, 0.25) is 5.02 Å². The average Bonchev–Trinajstić information content (AvgIpc) is 2.37. The molecule has 2 heterocycles. The number of nitrogens with zero attached hydrogens (tertiary/aromatic N) is 3. The van der Waals surface area contributed by atoms with E-state index in [1.165, 1.54) is 7.11 Å². The third kappa shape index (κ3) is 3.26. The minimum Gasteiger partial charge on any atom is -0.467 e. The summed E-state index contributed by atoms with van der Waals surface area (Å²) in [6.07, 6.45) is 1.50. The molecular formula is C12H19ClN4O2. The Balaban J connectivity index is 2.29. The topological polar surface area (TPSA) is 73.5 Å². The predicted molar refractivity (Wildman–Crippen MR) is 73.8 cm³/mol. The lowest BCUT2D eigenvalue weighted by atomic mass is 10.1. The third-order valence-electron chi connectivity index (χ3n) is 2.93. The number of methoxy groups -OCH3 is 1. The van der Waals surface area contributed by atoms with Crippen molar-refractivity contribution in [3.05, 3.63) is 11.2 Å². The van der Waals surface area contributed by atoms with Crippen molar-refractivity contribution in [3.8, 4) is 6.01 Å². The van der Waals surface area contributed by atoms with Gasteiger partial charge in [-0.2, -0.15) is 4.98 Å². The van der Waals surface area contributed by atoms with Gasteiger partial charge in [-0.3, -0.25) is 0 Å².